The largest absolute Gasteiger partial charge is 0.496 e. The van der Waals surface area contributed by atoms with Gasteiger partial charge in [0.05, 0.1) is 7.11 Å². The molecule has 3 rings (SSSR count). The van der Waals surface area contributed by atoms with Crippen molar-refractivity contribution in [2.24, 2.45) is 17.4 Å². The molecule has 2 aliphatic rings. The summed E-state index contributed by atoms with van der Waals surface area (Å²) in [5, 5.41) is 0. The van der Waals surface area contributed by atoms with E-state index < -0.39 is 5.54 Å². The first-order chi connectivity index (χ1) is 11.0. The molecule has 1 saturated heterocycles. The second-order valence-electron chi connectivity index (χ2n) is 6.43. The van der Waals surface area contributed by atoms with Crippen molar-refractivity contribution in [2.45, 2.75) is 31.2 Å². The zero-order valence-electron chi connectivity index (χ0n) is 13.4. The average Bonchev–Trinajstić information content (AvgIpc) is 2.93. The predicted octanol–water partition coefficient (Wildman–Crippen LogP) is 0.519. The third-order valence-corrected chi connectivity index (χ3v) is 5.17. The van der Waals surface area contributed by atoms with E-state index in [1.807, 2.05) is 18.2 Å². The molecule has 1 aromatic carbocycles. The van der Waals surface area contributed by atoms with Gasteiger partial charge < -0.3 is 21.1 Å². The normalized spacial score (nSPS) is 24.3. The summed E-state index contributed by atoms with van der Waals surface area (Å²) in [4.78, 5) is 26.0. The van der Waals surface area contributed by atoms with Crippen LogP contribution < -0.4 is 16.2 Å². The summed E-state index contributed by atoms with van der Waals surface area (Å²) >= 11 is 0. The smallest absolute Gasteiger partial charge is 0.247 e. The van der Waals surface area contributed by atoms with Crippen molar-refractivity contribution in [1.82, 2.24) is 4.90 Å². The molecule has 0 radical (unpaired) electrons. The summed E-state index contributed by atoms with van der Waals surface area (Å²) in [7, 11) is 1.63. The molecule has 0 bridgehead atoms. The Kier molecular flexibility index (Phi) is 4.02. The maximum Gasteiger partial charge on any atom is 0.247 e. The molecule has 0 aromatic heterocycles. The molecule has 6 nitrogen and oxygen atoms in total. The molecule has 4 N–H and O–H groups in total. The van der Waals surface area contributed by atoms with Crippen molar-refractivity contribution in [3.63, 3.8) is 0 Å². The molecule has 0 spiro atoms. The summed E-state index contributed by atoms with van der Waals surface area (Å²) in [6.45, 7) is 1.06. The third kappa shape index (κ3) is 2.57. The van der Waals surface area contributed by atoms with Gasteiger partial charge in [0.15, 0.2) is 0 Å². The Bertz CT molecular complexity index is 638. The highest BCUT2D eigenvalue weighted by Crippen LogP contribution is 2.41. The fourth-order valence-corrected chi connectivity index (χ4v) is 3.76. The Morgan fingerprint density at radius 1 is 1.30 bits per heavy atom. The van der Waals surface area contributed by atoms with Crippen molar-refractivity contribution in [3.05, 3.63) is 29.3 Å². The fraction of sp³-hybridized carbons (Fsp3) is 0.529. The number of ether oxygens (including phenoxy) is 1. The lowest BCUT2D eigenvalue weighted by Gasteiger charge is -2.36. The van der Waals surface area contributed by atoms with Gasteiger partial charge in [0.2, 0.25) is 11.8 Å². The number of piperidine rings is 1. The monoisotopic (exact) mass is 317 g/mol. The maximum absolute atomic E-state index is 13.0. The van der Waals surface area contributed by atoms with Crippen LogP contribution in [0.3, 0.4) is 0 Å². The molecule has 1 aliphatic heterocycles. The number of carbonyl (C=O) groups excluding carboxylic acids is 2. The number of rotatable bonds is 3. The lowest BCUT2D eigenvalue weighted by atomic mass is 9.89. The number of nitrogens with zero attached hydrogens (tertiary/aromatic N) is 1. The minimum Gasteiger partial charge on any atom is -0.496 e. The lowest BCUT2D eigenvalue weighted by Crippen LogP contribution is -2.54. The molecule has 1 aliphatic carbocycles. The van der Waals surface area contributed by atoms with Crippen molar-refractivity contribution < 1.29 is 14.3 Å². The fourth-order valence-electron chi connectivity index (χ4n) is 3.76. The predicted molar refractivity (Wildman–Crippen MR) is 85.7 cm³/mol. The van der Waals surface area contributed by atoms with E-state index in [0.717, 1.165) is 23.3 Å². The van der Waals surface area contributed by atoms with Crippen LogP contribution in [0, 0.1) is 5.92 Å². The quantitative estimate of drug-likeness (QED) is 0.849. The number of carbonyl (C=O) groups is 2. The van der Waals surface area contributed by atoms with Crippen molar-refractivity contribution in [2.75, 3.05) is 20.2 Å². The van der Waals surface area contributed by atoms with Gasteiger partial charge in [0.25, 0.3) is 0 Å². The number of likely N-dealkylation sites (tertiary alicyclic amines) is 1. The molecular weight excluding hydrogens is 294 g/mol. The Hall–Kier alpha value is -2.08. The number of primary amides is 1. The highest BCUT2D eigenvalue weighted by atomic mass is 16.5. The number of amides is 2. The summed E-state index contributed by atoms with van der Waals surface area (Å²) in [6.07, 6.45) is 2.54. The molecule has 1 heterocycles. The first-order valence-electron chi connectivity index (χ1n) is 8.01. The Balaban J connectivity index is 1.81. The molecule has 1 atom stereocenters. The minimum absolute atomic E-state index is 0.0626. The summed E-state index contributed by atoms with van der Waals surface area (Å²) in [6, 6.07) is 5.68. The van der Waals surface area contributed by atoms with Crippen LogP contribution in [0.15, 0.2) is 18.2 Å². The van der Waals surface area contributed by atoms with Gasteiger partial charge >= 0.3 is 0 Å². The second-order valence-corrected chi connectivity index (χ2v) is 6.43. The Labute approximate surface area is 135 Å². The van der Waals surface area contributed by atoms with E-state index >= 15 is 0 Å². The molecular formula is C17H23N3O3. The van der Waals surface area contributed by atoms with Crippen LogP contribution >= 0.6 is 0 Å². The minimum atomic E-state index is -0.997. The Morgan fingerprint density at radius 2 is 2.00 bits per heavy atom. The molecule has 0 saturated carbocycles. The van der Waals surface area contributed by atoms with Crippen molar-refractivity contribution in [3.8, 4) is 5.75 Å². The van der Waals surface area contributed by atoms with Gasteiger partial charge in [0.1, 0.15) is 11.3 Å². The first-order valence-corrected chi connectivity index (χ1v) is 8.01. The van der Waals surface area contributed by atoms with Gasteiger partial charge in [-0.05, 0) is 42.9 Å². The molecule has 1 aromatic rings. The van der Waals surface area contributed by atoms with Crippen LogP contribution in [0.5, 0.6) is 5.75 Å². The molecule has 6 heteroatoms. The first kappa shape index (κ1) is 15.8. The van der Waals surface area contributed by atoms with E-state index in [2.05, 4.69) is 0 Å². The summed E-state index contributed by atoms with van der Waals surface area (Å²) < 4.78 is 5.38. The highest BCUT2D eigenvalue weighted by molar-refractivity contribution is 5.89. The van der Waals surface area contributed by atoms with Crippen LogP contribution in [0.2, 0.25) is 0 Å². The van der Waals surface area contributed by atoms with Crippen molar-refractivity contribution >= 4 is 11.8 Å². The number of nitrogens with two attached hydrogens (primary N) is 2. The molecule has 1 unspecified atom stereocenters. The number of fused-ring (bicyclic) bond motifs is 1. The standard InChI is InChI=1S/C17H23N3O3/c1-23-14-4-2-3-13-12(14)5-8-17(13,19)16(22)20-9-6-11(7-10-20)15(18)21/h2-4,11H,5-10,19H2,1H3,(H2,18,21). The van der Waals surface area contributed by atoms with E-state index in [0.29, 0.717) is 32.4 Å². The number of hydrogen-bond acceptors (Lipinski definition) is 4. The SMILES string of the molecule is COc1cccc2c1CCC2(N)C(=O)N1CCC(C(N)=O)CC1. The van der Waals surface area contributed by atoms with Crippen LogP contribution in [0.1, 0.15) is 30.4 Å². The summed E-state index contributed by atoms with van der Waals surface area (Å²) in [5.74, 6) is 0.307. The molecule has 2 amide bonds. The second kappa shape index (κ2) is 5.85. The van der Waals surface area contributed by atoms with Gasteiger partial charge in [-0.2, -0.15) is 0 Å². The van der Waals surface area contributed by atoms with Crippen molar-refractivity contribution in [1.29, 1.82) is 0 Å². The van der Waals surface area contributed by atoms with E-state index in [-0.39, 0.29) is 17.7 Å². The van der Waals surface area contributed by atoms with E-state index in [1.165, 1.54) is 0 Å². The van der Waals surface area contributed by atoms with E-state index in [4.69, 9.17) is 16.2 Å². The van der Waals surface area contributed by atoms with Gasteiger partial charge in [-0.25, -0.2) is 0 Å². The van der Waals surface area contributed by atoms with Gasteiger partial charge in [-0.3, -0.25) is 9.59 Å². The number of methoxy groups -OCH3 is 1. The molecule has 124 valence electrons. The van der Waals surface area contributed by atoms with Crippen LogP contribution in [0.4, 0.5) is 0 Å². The topological polar surface area (TPSA) is 98.7 Å². The highest BCUT2D eigenvalue weighted by Gasteiger charge is 2.45. The number of hydrogen-bond donors (Lipinski definition) is 2. The van der Waals surface area contributed by atoms with Crippen LogP contribution in [-0.4, -0.2) is 36.9 Å². The van der Waals surface area contributed by atoms with Gasteiger partial charge in [-0.1, -0.05) is 12.1 Å². The molecule has 23 heavy (non-hydrogen) atoms. The lowest BCUT2D eigenvalue weighted by molar-refractivity contribution is -0.140. The third-order valence-electron chi connectivity index (χ3n) is 5.17. The van der Waals surface area contributed by atoms with Crippen LogP contribution in [-0.2, 0) is 21.5 Å². The summed E-state index contributed by atoms with van der Waals surface area (Å²) in [5.41, 5.74) is 12.8. The zero-order chi connectivity index (χ0) is 16.6. The van der Waals surface area contributed by atoms with E-state index in [1.54, 1.807) is 12.0 Å². The average molecular weight is 317 g/mol. The zero-order valence-corrected chi connectivity index (χ0v) is 13.4. The Morgan fingerprint density at radius 3 is 2.61 bits per heavy atom. The maximum atomic E-state index is 13.0. The van der Waals surface area contributed by atoms with Gasteiger partial charge in [0, 0.05) is 19.0 Å². The van der Waals surface area contributed by atoms with E-state index in [9.17, 15) is 9.59 Å². The molecule has 1 fully saturated rings. The van der Waals surface area contributed by atoms with Crippen LogP contribution in [0.25, 0.3) is 0 Å². The van der Waals surface area contributed by atoms with Gasteiger partial charge in [-0.15, -0.1) is 0 Å². The number of benzene rings is 1.